The van der Waals surface area contributed by atoms with Gasteiger partial charge < -0.3 is 5.73 Å². The van der Waals surface area contributed by atoms with Gasteiger partial charge in [-0.3, -0.25) is 0 Å². The number of thioether (sulfide) groups is 1. The van der Waals surface area contributed by atoms with Gasteiger partial charge in [0.25, 0.3) is 0 Å². The van der Waals surface area contributed by atoms with Crippen molar-refractivity contribution >= 4 is 11.8 Å². The summed E-state index contributed by atoms with van der Waals surface area (Å²) in [6.07, 6.45) is 2.42. The topological polar surface area (TPSA) is 26.0 Å². The summed E-state index contributed by atoms with van der Waals surface area (Å²) in [5.74, 6) is 2.53. The van der Waals surface area contributed by atoms with Crippen LogP contribution in [0.15, 0.2) is 24.3 Å². The highest BCUT2D eigenvalue weighted by Crippen LogP contribution is 2.41. The molecule has 0 saturated carbocycles. The van der Waals surface area contributed by atoms with Gasteiger partial charge in [-0.2, -0.15) is 11.8 Å². The molecular formula is C13H19NS. The van der Waals surface area contributed by atoms with Crippen molar-refractivity contribution < 1.29 is 0 Å². The van der Waals surface area contributed by atoms with Crippen molar-refractivity contribution in [3.8, 4) is 0 Å². The smallest absolute Gasteiger partial charge is 0.00634 e. The molecule has 2 rings (SSSR count). The molecular weight excluding hydrogens is 202 g/mol. The fourth-order valence-corrected chi connectivity index (χ4v) is 3.95. The number of nitrogens with two attached hydrogens (primary N) is 1. The molecule has 2 N–H and O–H groups in total. The fraction of sp³-hybridized carbons (Fsp3) is 0.538. The summed E-state index contributed by atoms with van der Waals surface area (Å²) < 4.78 is 0. The van der Waals surface area contributed by atoms with Gasteiger partial charge in [0.15, 0.2) is 0 Å². The lowest BCUT2D eigenvalue weighted by atomic mass is 9.77. The molecule has 15 heavy (non-hydrogen) atoms. The molecule has 1 aliphatic rings. The van der Waals surface area contributed by atoms with E-state index in [4.69, 9.17) is 5.73 Å². The highest BCUT2D eigenvalue weighted by Gasteiger charge is 2.35. The Morgan fingerprint density at radius 3 is 2.93 bits per heavy atom. The first-order valence-electron chi connectivity index (χ1n) is 5.62. The van der Waals surface area contributed by atoms with Crippen LogP contribution in [0.5, 0.6) is 0 Å². The molecule has 1 nitrogen and oxygen atoms in total. The second kappa shape index (κ2) is 4.58. The quantitative estimate of drug-likeness (QED) is 0.849. The largest absolute Gasteiger partial charge is 0.330 e. The van der Waals surface area contributed by atoms with Gasteiger partial charge in [-0.15, -0.1) is 0 Å². The van der Waals surface area contributed by atoms with E-state index in [0.29, 0.717) is 5.41 Å². The Kier molecular flexibility index (Phi) is 3.37. The van der Waals surface area contributed by atoms with Crippen molar-refractivity contribution in [2.24, 2.45) is 5.73 Å². The van der Waals surface area contributed by atoms with Crippen LogP contribution in [0.4, 0.5) is 0 Å². The third-order valence-corrected chi connectivity index (χ3v) is 4.61. The van der Waals surface area contributed by atoms with Gasteiger partial charge in [0.2, 0.25) is 0 Å². The SMILES string of the molecule is Cc1cccc(C2(CCN)CCSC2)c1. The Morgan fingerprint density at radius 2 is 2.33 bits per heavy atom. The van der Waals surface area contributed by atoms with Crippen LogP contribution >= 0.6 is 11.8 Å². The Labute approximate surface area is 96.4 Å². The Bertz CT molecular complexity index is 329. The van der Waals surface area contributed by atoms with E-state index in [1.165, 1.54) is 29.1 Å². The van der Waals surface area contributed by atoms with Gasteiger partial charge in [0.1, 0.15) is 0 Å². The maximum atomic E-state index is 5.76. The van der Waals surface area contributed by atoms with Gasteiger partial charge in [0.05, 0.1) is 0 Å². The molecule has 1 aromatic rings. The predicted molar refractivity (Wildman–Crippen MR) is 68.5 cm³/mol. The van der Waals surface area contributed by atoms with E-state index < -0.39 is 0 Å². The first kappa shape index (κ1) is 11.0. The highest BCUT2D eigenvalue weighted by atomic mass is 32.2. The lowest BCUT2D eigenvalue weighted by Crippen LogP contribution is -2.29. The Hall–Kier alpha value is -0.470. The molecule has 1 atom stereocenters. The number of hydrogen-bond acceptors (Lipinski definition) is 2. The molecule has 2 heteroatoms. The summed E-state index contributed by atoms with van der Waals surface area (Å²) in [6, 6.07) is 8.95. The van der Waals surface area contributed by atoms with Crippen LogP contribution in [0.3, 0.4) is 0 Å². The van der Waals surface area contributed by atoms with Crippen LogP contribution in [0.1, 0.15) is 24.0 Å². The molecule has 1 aromatic carbocycles. The molecule has 0 spiro atoms. The molecule has 1 fully saturated rings. The molecule has 0 aliphatic carbocycles. The maximum absolute atomic E-state index is 5.76. The molecule has 0 aromatic heterocycles. The van der Waals surface area contributed by atoms with Crippen molar-refractivity contribution in [3.63, 3.8) is 0 Å². The van der Waals surface area contributed by atoms with E-state index in [-0.39, 0.29) is 0 Å². The normalized spacial score (nSPS) is 25.7. The predicted octanol–water partition coefficient (Wildman–Crippen LogP) is 2.72. The van der Waals surface area contributed by atoms with Crippen LogP contribution in [-0.2, 0) is 5.41 Å². The number of aryl methyl sites for hydroxylation is 1. The average Bonchev–Trinajstić information content (AvgIpc) is 2.68. The van der Waals surface area contributed by atoms with Crippen LogP contribution < -0.4 is 5.73 Å². The number of benzene rings is 1. The molecule has 0 amide bonds. The summed E-state index contributed by atoms with van der Waals surface area (Å²) in [7, 11) is 0. The van der Waals surface area contributed by atoms with Crippen LogP contribution in [-0.4, -0.2) is 18.1 Å². The number of rotatable bonds is 3. The minimum atomic E-state index is 0.367. The highest BCUT2D eigenvalue weighted by molar-refractivity contribution is 7.99. The van der Waals surface area contributed by atoms with Crippen LogP contribution in [0.2, 0.25) is 0 Å². The van der Waals surface area contributed by atoms with Gasteiger partial charge >= 0.3 is 0 Å². The minimum Gasteiger partial charge on any atom is -0.330 e. The zero-order valence-corrected chi connectivity index (χ0v) is 10.1. The zero-order chi connectivity index (χ0) is 10.7. The summed E-state index contributed by atoms with van der Waals surface area (Å²) in [5, 5.41) is 0. The Morgan fingerprint density at radius 1 is 1.47 bits per heavy atom. The van der Waals surface area contributed by atoms with E-state index in [2.05, 4.69) is 43.0 Å². The van der Waals surface area contributed by atoms with E-state index in [9.17, 15) is 0 Å². The molecule has 82 valence electrons. The van der Waals surface area contributed by atoms with E-state index >= 15 is 0 Å². The van der Waals surface area contributed by atoms with Crippen molar-refractivity contribution in [2.75, 3.05) is 18.1 Å². The van der Waals surface area contributed by atoms with Crippen LogP contribution in [0, 0.1) is 6.92 Å². The van der Waals surface area contributed by atoms with Crippen molar-refractivity contribution in [3.05, 3.63) is 35.4 Å². The lowest BCUT2D eigenvalue weighted by Gasteiger charge is -2.28. The van der Waals surface area contributed by atoms with Crippen molar-refractivity contribution in [1.29, 1.82) is 0 Å². The zero-order valence-electron chi connectivity index (χ0n) is 9.33. The Balaban J connectivity index is 2.31. The number of hydrogen-bond donors (Lipinski definition) is 1. The molecule has 0 radical (unpaired) electrons. The van der Waals surface area contributed by atoms with Crippen LogP contribution in [0.25, 0.3) is 0 Å². The summed E-state index contributed by atoms with van der Waals surface area (Å²) in [4.78, 5) is 0. The fourth-order valence-electron chi connectivity index (χ4n) is 2.43. The van der Waals surface area contributed by atoms with Crippen molar-refractivity contribution in [2.45, 2.75) is 25.2 Å². The second-order valence-corrected chi connectivity index (χ2v) is 5.60. The van der Waals surface area contributed by atoms with Gasteiger partial charge in [-0.05, 0) is 37.6 Å². The molecule has 1 unspecified atom stereocenters. The molecule has 1 heterocycles. The molecule has 1 saturated heterocycles. The summed E-state index contributed by atoms with van der Waals surface area (Å²) in [6.45, 7) is 2.97. The lowest BCUT2D eigenvalue weighted by molar-refractivity contribution is 0.452. The monoisotopic (exact) mass is 221 g/mol. The first-order valence-corrected chi connectivity index (χ1v) is 6.77. The minimum absolute atomic E-state index is 0.367. The summed E-state index contributed by atoms with van der Waals surface area (Å²) in [5.41, 5.74) is 8.99. The summed E-state index contributed by atoms with van der Waals surface area (Å²) >= 11 is 2.07. The van der Waals surface area contributed by atoms with Gasteiger partial charge in [-0.1, -0.05) is 29.8 Å². The van der Waals surface area contributed by atoms with E-state index in [0.717, 1.165) is 13.0 Å². The third kappa shape index (κ3) is 2.21. The van der Waals surface area contributed by atoms with E-state index in [1.807, 2.05) is 0 Å². The second-order valence-electron chi connectivity index (χ2n) is 4.49. The van der Waals surface area contributed by atoms with Gasteiger partial charge in [-0.25, -0.2) is 0 Å². The standard InChI is InChI=1S/C13H19NS/c1-11-3-2-4-12(9-11)13(5-7-14)6-8-15-10-13/h2-4,9H,5-8,10,14H2,1H3. The van der Waals surface area contributed by atoms with Crippen molar-refractivity contribution in [1.82, 2.24) is 0 Å². The average molecular weight is 221 g/mol. The maximum Gasteiger partial charge on any atom is 0.00634 e. The third-order valence-electron chi connectivity index (χ3n) is 3.36. The molecule has 0 bridgehead atoms. The van der Waals surface area contributed by atoms with E-state index in [1.54, 1.807) is 0 Å². The molecule has 1 aliphatic heterocycles. The van der Waals surface area contributed by atoms with Gasteiger partial charge in [0, 0.05) is 11.2 Å². The first-order chi connectivity index (χ1) is 7.27.